The first kappa shape index (κ1) is 13.1. The molecule has 0 aliphatic heterocycles. The van der Waals surface area contributed by atoms with Crippen molar-refractivity contribution < 1.29 is 5.11 Å². The zero-order valence-corrected chi connectivity index (χ0v) is 11.4. The molecular formula is C13H16ClN3O. The van der Waals surface area contributed by atoms with E-state index in [1.165, 1.54) is 0 Å². The molecule has 4 nitrogen and oxygen atoms in total. The van der Waals surface area contributed by atoms with Gasteiger partial charge < -0.3 is 5.11 Å². The minimum atomic E-state index is -0.661. The Morgan fingerprint density at radius 2 is 2.11 bits per heavy atom. The Morgan fingerprint density at radius 3 is 2.61 bits per heavy atom. The largest absolute Gasteiger partial charge is 0.386 e. The zero-order chi connectivity index (χ0) is 13.3. The van der Waals surface area contributed by atoms with Gasteiger partial charge in [0.05, 0.1) is 11.4 Å². The van der Waals surface area contributed by atoms with Gasteiger partial charge in [-0.25, -0.2) is 0 Å². The number of nitrogens with zero attached hydrogens (tertiary/aromatic N) is 3. The Bertz CT molecular complexity index is 548. The van der Waals surface area contributed by atoms with Gasteiger partial charge in [0.25, 0.3) is 0 Å². The molecule has 2 aromatic heterocycles. The first-order valence-electron chi connectivity index (χ1n) is 5.77. The van der Waals surface area contributed by atoms with Crippen LogP contribution < -0.4 is 0 Å². The molecule has 0 saturated heterocycles. The van der Waals surface area contributed by atoms with E-state index in [9.17, 15) is 5.11 Å². The number of hydrogen-bond donors (Lipinski definition) is 1. The number of halogens is 1. The van der Waals surface area contributed by atoms with E-state index in [4.69, 9.17) is 11.6 Å². The summed E-state index contributed by atoms with van der Waals surface area (Å²) in [6.45, 7) is 3.85. The molecule has 0 aromatic carbocycles. The summed E-state index contributed by atoms with van der Waals surface area (Å²) >= 11 is 6.14. The van der Waals surface area contributed by atoms with Crippen molar-refractivity contribution in [3.05, 3.63) is 46.0 Å². The SMILES string of the molecule is Cc1ccc(C(O)Cc2c(C)nn(C)c2Cl)nc1. The molecule has 0 radical (unpaired) electrons. The van der Waals surface area contributed by atoms with E-state index in [0.29, 0.717) is 17.3 Å². The second kappa shape index (κ2) is 5.08. The smallest absolute Gasteiger partial charge is 0.130 e. The summed E-state index contributed by atoms with van der Waals surface area (Å²) in [6.07, 6.45) is 1.51. The van der Waals surface area contributed by atoms with Gasteiger partial charge in [-0.2, -0.15) is 5.10 Å². The summed E-state index contributed by atoms with van der Waals surface area (Å²) in [7, 11) is 1.79. The molecule has 1 atom stereocenters. The van der Waals surface area contributed by atoms with Crippen molar-refractivity contribution in [1.29, 1.82) is 0 Å². The third kappa shape index (κ3) is 2.54. The van der Waals surface area contributed by atoms with Crippen LogP contribution in [0.4, 0.5) is 0 Å². The van der Waals surface area contributed by atoms with Crippen LogP contribution in [0, 0.1) is 13.8 Å². The molecule has 0 aliphatic rings. The van der Waals surface area contributed by atoms with Gasteiger partial charge in [-0.15, -0.1) is 0 Å². The predicted octanol–water partition coefficient (Wildman–Crippen LogP) is 2.36. The Balaban J connectivity index is 2.21. The highest BCUT2D eigenvalue weighted by atomic mass is 35.5. The molecule has 96 valence electrons. The van der Waals surface area contributed by atoms with Crippen LogP contribution in [-0.2, 0) is 13.5 Å². The fraction of sp³-hybridized carbons (Fsp3) is 0.385. The lowest BCUT2D eigenvalue weighted by Gasteiger charge is -2.10. The molecule has 0 saturated carbocycles. The quantitative estimate of drug-likeness (QED) is 0.927. The highest BCUT2D eigenvalue weighted by molar-refractivity contribution is 6.30. The third-order valence-electron chi connectivity index (χ3n) is 2.94. The van der Waals surface area contributed by atoms with Crippen molar-refractivity contribution in [3.8, 4) is 0 Å². The average molecular weight is 266 g/mol. The van der Waals surface area contributed by atoms with Crippen LogP contribution in [0.1, 0.15) is 28.6 Å². The zero-order valence-electron chi connectivity index (χ0n) is 10.7. The van der Waals surface area contributed by atoms with E-state index < -0.39 is 6.10 Å². The highest BCUT2D eigenvalue weighted by Gasteiger charge is 2.17. The summed E-state index contributed by atoms with van der Waals surface area (Å²) < 4.78 is 1.61. The van der Waals surface area contributed by atoms with Gasteiger partial charge in [0.2, 0.25) is 0 Å². The fourth-order valence-corrected chi connectivity index (χ4v) is 2.13. The molecule has 1 unspecified atom stereocenters. The van der Waals surface area contributed by atoms with Gasteiger partial charge >= 0.3 is 0 Å². The molecule has 2 rings (SSSR count). The molecule has 18 heavy (non-hydrogen) atoms. The molecule has 0 amide bonds. The summed E-state index contributed by atoms with van der Waals surface area (Å²) in [5.74, 6) is 0. The minimum Gasteiger partial charge on any atom is -0.386 e. The van der Waals surface area contributed by atoms with Crippen molar-refractivity contribution in [3.63, 3.8) is 0 Å². The Morgan fingerprint density at radius 1 is 1.39 bits per heavy atom. The van der Waals surface area contributed by atoms with Gasteiger partial charge in [0.15, 0.2) is 0 Å². The first-order chi connectivity index (χ1) is 8.49. The van der Waals surface area contributed by atoms with Crippen molar-refractivity contribution >= 4 is 11.6 Å². The summed E-state index contributed by atoms with van der Waals surface area (Å²) in [6, 6.07) is 3.77. The molecule has 0 fully saturated rings. The number of aliphatic hydroxyl groups excluding tert-OH is 1. The number of rotatable bonds is 3. The summed E-state index contributed by atoms with van der Waals surface area (Å²) in [5, 5.41) is 15.0. The number of pyridine rings is 1. The van der Waals surface area contributed by atoms with Crippen LogP contribution >= 0.6 is 11.6 Å². The maximum absolute atomic E-state index is 10.2. The molecule has 1 N–H and O–H groups in total. The van der Waals surface area contributed by atoms with E-state index >= 15 is 0 Å². The van der Waals surface area contributed by atoms with Crippen LogP contribution in [0.25, 0.3) is 0 Å². The normalized spacial score (nSPS) is 12.7. The standard InChI is InChI=1S/C13H16ClN3O/c1-8-4-5-11(15-7-8)12(18)6-10-9(2)16-17(3)13(10)14/h4-5,7,12,18H,6H2,1-3H3. The molecule has 0 aliphatic carbocycles. The third-order valence-corrected chi connectivity index (χ3v) is 3.42. The maximum atomic E-state index is 10.2. The van der Waals surface area contributed by atoms with Crippen LogP contribution in [0.5, 0.6) is 0 Å². The average Bonchev–Trinajstić information content (AvgIpc) is 2.57. The second-order valence-corrected chi connectivity index (χ2v) is 4.82. The summed E-state index contributed by atoms with van der Waals surface area (Å²) in [4.78, 5) is 4.22. The lowest BCUT2D eigenvalue weighted by atomic mass is 10.1. The number of hydrogen-bond acceptors (Lipinski definition) is 3. The first-order valence-corrected chi connectivity index (χ1v) is 6.15. The Labute approximate surface area is 111 Å². The van der Waals surface area contributed by atoms with Crippen LogP contribution in [0.3, 0.4) is 0 Å². The predicted molar refractivity (Wildman–Crippen MR) is 70.6 cm³/mol. The molecule has 0 spiro atoms. The monoisotopic (exact) mass is 265 g/mol. The Hall–Kier alpha value is -1.39. The molecular weight excluding hydrogens is 250 g/mol. The fourth-order valence-electron chi connectivity index (χ4n) is 1.88. The molecule has 2 aromatic rings. The number of aliphatic hydroxyl groups is 1. The van der Waals surface area contributed by atoms with E-state index in [0.717, 1.165) is 16.8 Å². The van der Waals surface area contributed by atoms with Gasteiger partial charge in [0, 0.05) is 25.2 Å². The molecule has 2 heterocycles. The van der Waals surface area contributed by atoms with E-state index in [2.05, 4.69) is 10.1 Å². The Kier molecular flexibility index (Phi) is 3.68. The molecule has 5 heteroatoms. The van der Waals surface area contributed by atoms with Gasteiger partial charge in [0.1, 0.15) is 11.3 Å². The lowest BCUT2D eigenvalue weighted by Crippen LogP contribution is -2.05. The number of aryl methyl sites for hydroxylation is 3. The number of aromatic nitrogens is 3. The van der Waals surface area contributed by atoms with Crippen molar-refractivity contribution in [2.24, 2.45) is 7.05 Å². The maximum Gasteiger partial charge on any atom is 0.130 e. The van der Waals surface area contributed by atoms with E-state index in [1.807, 2.05) is 26.0 Å². The van der Waals surface area contributed by atoms with Gasteiger partial charge in [-0.05, 0) is 25.5 Å². The van der Waals surface area contributed by atoms with Gasteiger partial charge in [-0.1, -0.05) is 17.7 Å². The van der Waals surface area contributed by atoms with Crippen molar-refractivity contribution in [2.45, 2.75) is 26.4 Å². The highest BCUT2D eigenvalue weighted by Crippen LogP contribution is 2.24. The van der Waals surface area contributed by atoms with E-state index in [-0.39, 0.29) is 0 Å². The van der Waals surface area contributed by atoms with Crippen LogP contribution in [0.2, 0.25) is 5.15 Å². The van der Waals surface area contributed by atoms with Crippen molar-refractivity contribution in [1.82, 2.24) is 14.8 Å². The topological polar surface area (TPSA) is 50.9 Å². The van der Waals surface area contributed by atoms with Crippen LogP contribution in [0.15, 0.2) is 18.3 Å². The summed E-state index contributed by atoms with van der Waals surface area (Å²) in [5.41, 5.74) is 3.43. The second-order valence-electron chi connectivity index (χ2n) is 4.46. The lowest BCUT2D eigenvalue weighted by molar-refractivity contribution is 0.173. The van der Waals surface area contributed by atoms with Crippen LogP contribution in [-0.4, -0.2) is 19.9 Å². The molecule has 0 bridgehead atoms. The van der Waals surface area contributed by atoms with Crippen molar-refractivity contribution in [2.75, 3.05) is 0 Å². The van der Waals surface area contributed by atoms with E-state index in [1.54, 1.807) is 17.9 Å². The minimum absolute atomic E-state index is 0.425. The van der Waals surface area contributed by atoms with Gasteiger partial charge in [-0.3, -0.25) is 9.67 Å².